The zero-order chi connectivity index (χ0) is 17.8. The number of aryl methyl sites for hydroxylation is 1. The first-order valence-electron chi connectivity index (χ1n) is 9.94. The van der Waals surface area contributed by atoms with Gasteiger partial charge < -0.3 is 4.52 Å². The van der Waals surface area contributed by atoms with Gasteiger partial charge in [-0.05, 0) is 31.9 Å². The van der Waals surface area contributed by atoms with E-state index in [4.69, 9.17) is 4.52 Å². The lowest BCUT2D eigenvalue weighted by molar-refractivity contribution is 0.108. The molecule has 140 valence electrons. The molecule has 0 unspecified atom stereocenters. The van der Waals surface area contributed by atoms with Crippen LogP contribution in [0.1, 0.15) is 35.9 Å². The van der Waals surface area contributed by atoms with Crippen molar-refractivity contribution in [1.82, 2.24) is 19.9 Å². The van der Waals surface area contributed by atoms with Gasteiger partial charge in [-0.3, -0.25) is 14.7 Å². The predicted octanol–water partition coefficient (Wildman–Crippen LogP) is 2.94. The third-order valence-corrected chi connectivity index (χ3v) is 5.76. The van der Waals surface area contributed by atoms with E-state index >= 15 is 0 Å². The molecule has 0 bridgehead atoms. The van der Waals surface area contributed by atoms with Gasteiger partial charge in [0.05, 0.1) is 11.7 Å². The average Bonchev–Trinajstić information content (AvgIpc) is 3.30. The van der Waals surface area contributed by atoms with Gasteiger partial charge in [0.2, 0.25) is 0 Å². The van der Waals surface area contributed by atoms with Crippen LogP contribution in [0.5, 0.6) is 0 Å². The summed E-state index contributed by atoms with van der Waals surface area (Å²) >= 11 is 0. The van der Waals surface area contributed by atoms with Crippen LogP contribution in [0.3, 0.4) is 0 Å². The van der Waals surface area contributed by atoms with E-state index in [2.05, 4.69) is 56.3 Å². The quantitative estimate of drug-likeness (QED) is 0.797. The van der Waals surface area contributed by atoms with E-state index in [1.807, 2.05) is 6.92 Å². The van der Waals surface area contributed by atoms with Crippen molar-refractivity contribution in [2.24, 2.45) is 0 Å². The van der Waals surface area contributed by atoms with E-state index in [-0.39, 0.29) is 0 Å². The molecule has 5 nitrogen and oxygen atoms in total. The molecule has 0 amide bonds. The SMILES string of the molecule is Cc1cc([C@@H]2CCCN2CCN2CCN(Cc3ccccc3)CC2)on1. The van der Waals surface area contributed by atoms with Crippen molar-refractivity contribution < 1.29 is 4.52 Å². The minimum Gasteiger partial charge on any atom is -0.359 e. The summed E-state index contributed by atoms with van der Waals surface area (Å²) in [6.45, 7) is 11.2. The van der Waals surface area contributed by atoms with Crippen LogP contribution < -0.4 is 0 Å². The predicted molar refractivity (Wildman–Crippen MR) is 103 cm³/mol. The molecule has 0 radical (unpaired) electrons. The van der Waals surface area contributed by atoms with E-state index in [1.54, 1.807) is 0 Å². The zero-order valence-corrected chi connectivity index (χ0v) is 15.8. The Morgan fingerprint density at radius 1 is 1.00 bits per heavy atom. The van der Waals surface area contributed by atoms with Crippen LogP contribution >= 0.6 is 0 Å². The van der Waals surface area contributed by atoms with E-state index in [0.717, 1.165) is 31.1 Å². The maximum absolute atomic E-state index is 5.53. The number of nitrogens with zero attached hydrogens (tertiary/aromatic N) is 4. The Kier molecular flexibility index (Phi) is 5.68. The van der Waals surface area contributed by atoms with Gasteiger partial charge in [-0.25, -0.2) is 0 Å². The van der Waals surface area contributed by atoms with Crippen LogP contribution in [0.25, 0.3) is 0 Å². The van der Waals surface area contributed by atoms with Crippen molar-refractivity contribution in [3.63, 3.8) is 0 Å². The lowest BCUT2D eigenvalue weighted by Gasteiger charge is -2.36. The monoisotopic (exact) mass is 354 g/mol. The summed E-state index contributed by atoms with van der Waals surface area (Å²) in [5, 5.41) is 4.07. The zero-order valence-electron chi connectivity index (χ0n) is 15.8. The molecule has 0 aliphatic carbocycles. The van der Waals surface area contributed by atoms with Crippen LogP contribution in [-0.2, 0) is 6.54 Å². The number of rotatable bonds is 6. The molecule has 4 rings (SSSR count). The van der Waals surface area contributed by atoms with Crippen molar-refractivity contribution in [2.45, 2.75) is 32.4 Å². The maximum Gasteiger partial charge on any atom is 0.154 e. The molecule has 2 fully saturated rings. The number of aromatic nitrogens is 1. The molecule has 26 heavy (non-hydrogen) atoms. The molecule has 0 saturated carbocycles. The van der Waals surface area contributed by atoms with Gasteiger partial charge >= 0.3 is 0 Å². The van der Waals surface area contributed by atoms with Crippen LogP contribution in [0, 0.1) is 6.92 Å². The summed E-state index contributed by atoms with van der Waals surface area (Å²) in [7, 11) is 0. The summed E-state index contributed by atoms with van der Waals surface area (Å²) in [6, 6.07) is 13.3. The van der Waals surface area contributed by atoms with Crippen molar-refractivity contribution in [1.29, 1.82) is 0 Å². The summed E-state index contributed by atoms with van der Waals surface area (Å²) in [5.41, 5.74) is 2.41. The van der Waals surface area contributed by atoms with E-state index in [0.29, 0.717) is 6.04 Å². The van der Waals surface area contributed by atoms with E-state index < -0.39 is 0 Å². The minimum absolute atomic E-state index is 0.426. The second-order valence-electron chi connectivity index (χ2n) is 7.67. The molecular weight excluding hydrogens is 324 g/mol. The highest BCUT2D eigenvalue weighted by Crippen LogP contribution is 2.31. The molecule has 1 atom stereocenters. The summed E-state index contributed by atoms with van der Waals surface area (Å²) in [4.78, 5) is 7.76. The van der Waals surface area contributed by atoms with E-state index in [1.165, 1.54) is 51.1 Å². The topological polar surface area (TPSA) is 35.8 Å². The van der Waals surface area contributed by atoms with Crippen LogP contribution in [0.2, 0.25) is 0 Å². The van der Waals surface area contributed by atoms with Gasteiger partial charge in [-0.2, -0.15) is 0 Å². The maximum atomic E-state index is 5.53. The van der Waals surface area contributed by atoms with Crippen molar-refractivity contribution in [2.75, 3.05) is 45.8 Å². The first kappa shape index (κ1) is 17.7. The van der Waals surface area contributed by atoms with Crippen molar-refractivity contribution >= 4 is 0 Å². The molecular formula is C21H30N4O. The number of benzene rings is 1. The van der Waals surface area contributed by atoms with Gasteiger partial charge in [0.15, 0.2) is 5.76 Å². The largest absolute Gasteiger partial charge is 0.359 e. The Morgan fingerprint density at radius 2 is 1.77 bits per heavy atom. The molecule has 0 N–H and O–H groups in total. The lowest BCUT2D eigenvalue weighted by Crippen LogP contribution is -2.48. The molecule has 1 aromatic carbocycles. The lowest BCUT2D eigenvalue weighted by atomic mass is 10.1. The first-order chi connectivity index (χ1) is 12.8. The molecule has 3 heterocycles. The molecule has 2 aliphatic rings. The number of hydrogen-bond acceptors (Lipinski definition) is 5. The fourth-order valence-electron chi connectivity index (χ4n) is 4.24. The van der Waals surface area contributed by atoms with Crippen molar-refractivity contribution in [3.8, 4) is 0 Å². The fourth-order valence-corrected chi connectivity index (χ4v) is 4.24. The number of hydrogen-bond donors (Lipinski definition) is 0. The van der Waals surface area contributed by atoms with Gasteiger partial charge in [0.25, 0.3) is 0 Å². The Labute approximate surface area is 156 Å². The Bertz CT molecular complexity index is 678. The Morgan fingerprint density at radius 3 is 2.50 bits per heavy atom. The summed E-state index contributed by atoms with van der Waals surface area (Å²) < 4.78 is 5.53. The normalized spacial score (nSPS) is 22.9. The number of piperazine rings is 1. The van der Waals surface area contributed by atoms with Crippen molar-refractivity contribution in [3.05, 3.63) is 53.4 Å². The molecule has 1 aromatic heterocycles. The van der Waals surface area contributed by atoms with E-state index in [9.17, 15) is 0 Å². The highest BCUT2D eigenvalue weighted by molar-refractivity contribution is 5.14. The molecule has 2 saturated heterocycles. The average molecular weight is 354 g/mol. The second kappa shape index (κ2) is 8.33. The van der Waals surface area contributed by atoms with Crippen LogP contribution in [0.15, 0.2) is 40.9 Å². The molecule has 0 spiro atoms. The van der Waals surface area contributed by atoms with Gasteiger partial charge in [0.1, 0.15) is 0 Å². The third-order valence-electron chi connectivity index (χ3n) is 5.76. The van der Waals surface area contributed by atoms with Crippen LogP contribution in [-0.4, -0.2) is 65.7 Å². The smallest absolute Gasteiger partial charge is 0.154 e. The number of likely N-dealkylation sites (tertiary alicyclic amines) is 1. The van der Waals surface area contributed by atoms with Crippen LogP contribution in [0.4, 0.5) is 0 Å². The minimum atomic E-state index is 0.426. The molecule has 2 aliphatic heterocycles. The highest BCUT2D eigenvalue weighted by atomic mass is 16.5. The van der Waals surface area contributed by atoms with Gasteiger partial charge in [-0.1, -0.05) is 35.5 Å². The first-order valence-corrected chi connectivity index (χ1v) is 9.94. The Balaban J connectivity index is 1.22. The fraction of sp³-hybridized carbons (Fsp3) is 0.571. The highest BCUT2D eigenvalue weighted by Gasteiger charge is 2.29. The molecule has 5 heteroatoms. The standard InChI is InChI=1S/C21H30N4O/c1-18-16-21(26-22-18)20-8-5-9-25(20)15-14-23-10-12-24(13-11-23)17-19-6-3-2-4-7-19/h2-4,6-7,16,20H,5,8-15,17H2,1H3/t20-/m0/s1. The van der Waals surface area contributed by atoms with Gasteiger partial charge in [0, 0.05) is 51.9 Å². The molecule has 2 aromatic rings. The summed E-state index contributed by atoms with van der Waals surface area (Å²) in [6.07, 6.45) is 2.45. The third kappa shape index (κ3) is 4.34. The summed E-state index contributed by atoms with van der Waals surface area (Å²) in [5.74, 6) is 1.05. The Hall–Kier alpha value is -1.69. The van der Waals surface area contributed by atoms with Gasteiger partial charge in [-0.15, -0.1) is 0 Å². The second-order valence-corrected chi connectivity index (χ2v) is 7.67.